The first-order chi connectivity index (χ1) is 9.95. The molecular weight excluding hydrogens is 311 g/mol. The van der Waals surface area contributed by atoms with E-state index in [1.165, 1.54) is 23.5 Å². The summed E-state index contributed by atoms with van der Waals surface area (Å²) in [6.07, 6.45) is 0.202. The van der Waals surface area contributed by atoms with E-state index in [9.17, 15) is 9.18 Å². The zero-order valence-electron chi connectivity index (χ0n) is 11.5. The first kappa shape index (κ1) is 14.2. The van der Waals surface area contributed by atoms with Crippen molar-refractivity contribution in [2.24, 2.45) is 7.05 Å². The van der Waals surface area contributed by atoms with E-state index < -0.39 is 0 Å². The van der Waals surface area contributed by atoms with Crippen LogP contribution in [0.4, 0.5) is 4.39 Å². The monoisotopic (exact) mass is 322 g/mol. The summed E-state index contributed by atoms with van der Waals surface area (Å²) in [6, 6.07) is 6.31. The van der Waals surface area contributed by atoms with Gasteiger partial charge in [0.1, 0.15) is 11.0 Å². The highest BCUT2D eigenvalue weighted by atomic mass is 35.5. The molecule has 108 valence electrons. The van der Waals surface area contributed by atoms with Crippen LogP contribution in [-0.2, 0) is 13.5 Å². The van der Waals surface area contributed by atoms with E-state index in [-0.39, 0.29) is 18.0 Å². The summed E-state index contributed by atoms with van der Waals surface area (Å²) in [5, 5.41) is 5.55. The molecule has 0 saturated carbocycles. The van der Waals surface area contributed by atoms with Crippen molar-refractivity contribution < 1.29 is 9.18 Å². The molecule has 0 aliphatic heterocycles. The van der Waals surface area contributed by atoms with Gasteiger partial charge in [-0.2, -0.15) is 5.10 Å². The number of fused-ring (bicyclic) bond motifs is 1. The lowest BCUT2D eigenvalue weighted by atomic mass is 10.1. The molecule has 0 aliphatic carbocycles. The molecule has 3 aromatic rings. The Morgan fingerprint density at radius 2 is 2.19 bits per heavy atom. The second kappa shape index (κ2) is 5.24. The van der Waals surface area contributed by atoms with Gasteiger partial charge in [-0.25, -0.2) is 4.39 Å². The third kappa shape index (κ3) is 2.59. The molecule has 0 bridgehead atoms. The number of thiophene rings is 1. The number of aromatic nitrogens is 2. The number of Topliss-reactive ketones (excluding diaryl/α,β-unsaturated/α-hetero) is 1. The summed E-state index contributed by atoms with van der Waals surface area (Å²) in [6.45, 7) is 1.83. The van der Waals surface area contributed by atoms with Crippen molar-refractivity contribution in [3.63, 3.8) is 0 Å². The highest BCUT2D eigenvalue weighted by Gasteiger charge is 2.18. The molecule has 6 heteroatoms. The number of carbonyl (C=O) groups is 1. The number of benzene rings is 1. The molecule has 0 aliphatic rings. The molecule has 3 nitrogen and oxygen atoms in total. The minimum Gasteiger partial charge on any atom is -0.293 e. The Morgan fingerprint density at radius 3 is 2.86 bits per heavy atom. The Labute approximate surface area is 130 Å². The normalized spacial score (nSPS) is 11.2. The van der Waals surface area contributed by atoms with Gasteiger partial charge >= 0.3 is 0 Å². The fourth-order valence-corrected chi connectivity index (χ4v) is 3.53. The van der Waals surface area contributed by atoms with Gasteiger partial charge in [-0.05, 0) is 30.5 Å². The maximum Gasteiger partial charge on any atom is 0.177 e. The second-order valence-electron chi connectivity index (χ2n) is 4.87. The van der Waals surface area contributed by atoms with Crippen LogP contribution in [0.5, 0.6) is 0 Å². The van der Waals surface area contributed by atoms with Gasteiger partial charge in [-0.3, -0.25) is 9.48 Å². The van der Waals surface area contributed by atoms with E-state index in [4.69, 9.17) is 11.6 Å². The van der Waals surface area contributed by atoms with E-state index in [1.807, 2.05) is 6.92 Å². The average Bonchev–Trinajstić information content (AvgIpc) is 2.95. The maximum atomic E-state index is 13.2. The van der Waals surface area contributed by atoms with Crippen molar-refractivity contribution in [2.75, 3.05) is 0 Å². The van der Waals surface area contributed by atoms with Crippen molar-refractivity contribution in [2.45, 2.75) is 13.3 Å². The molecule has 21 heavy (non-hydrogen) atoms. The van der Waals surface area contributed by atoms with Gasteiger partial charge in [-0.1, -0.05) is 17.7 Å². The highest BCUT2D eigenvalue weighted by molar-refractivity contribution is 7.20. The SMILES string of the molecule is Cc1nn(C)c(Cl)c1CC(=O)c1cc2ccc(F)cc2s1. The van der Waals surface area contributed by atoms with Crippen LogP contribution in [-0.4, -0.2) is 15.6 Å². The summed E-state index contributed by atoms with van der Waals surface area (Å²) in [5.74, 6) is -0.330. The number of ketones is 1. The van der Waals surface area contributed by atoms with Crippen molar-refractivity contribution in [1.29, 1.82) is 0 Å². The van der Waals surface area contributed by atoms with Crippen molar-refractivity contribution >= 4 is 38.8 Å². The van der Waals surface area contributed by atoms with Crippen molar-refractivity contribution in [1.82, 2.24) is 9.78 Å². The summed E-state index contributed by atoms with van der Waals surface area (Å²) < 4.78 is 15.5. The van der Waals surface area contributed by atoms with Crippen molar-refractivity contribution in [3.8, 4) is 0 Å². The van der Waals surface area contributed by atoms with E-state index in [2.05, 4.69) is 5.10 Å². The number of hydrogen-bond acceptors (Lipinski definition) is 3. The smallest absolute Gasteiger partial charge is 0.177 e. The Morgan fingerprint density at radius 1 is 1.43 bits per heavy atom. The fraction of sp³-hybridized carbons (Fsp3) is 0.200. The molecule has 3 rings (SSSR count). The van der Waals surface area contributed by atoms with Gasteiger partial charge in [0.05, 0.1) is 10.6 Å². The Balaban J connectivity index is 1.93. The van der Waals surface area contributed by atoms with E-state index in [0.29, 0.717) is 10.0 Å². The zero-order valence-corrected chi connectivity index (χ0v) is 13.1. The topological polar surface area (TPSA) is 34.9 Å². The molecule has 0 atom stereocenters. The lowest BCUT2D eigenvalue weighted by molar-refractivity contribution is 0.0996. The van der Waals surface area contributed by atoms with E-state index >= 15 is 0 Å². The second-order valence-corrected chi connectivity index (χ2v) is 6.31. The maximum absolute atomic E-state index is 13.2. The predicted molar refractivity (Wildman–Crippen MR) is 82.8 cm³/mol. The van der Waals surface area contributed by atoms with E-state index in [0.717, 1.165) is 21.3 Å². The molecule has 2 aromatic heterocycles. The molecule has 0 radical (unpaired) electrons. The molecule has 2 heterocycles. The van der Waals surface area contributed by atoms with Crippen LogP contribution in [0, 0.1) is 12.7 Å². The van der Waals surface area contributed by atoms with Gasteiger partial charge in [0.15, 0.2) is 5.78 Å². The van der Waals surface area contributed by atoms with Crippen molar-refractivity contribution in [3.05, 3.63) is 51.4 Å². The minimum absolute atomic E-state index is 0.0328. The van der Waals surface area contributed by atoms with E-state index in [1.54, 1.807) is 23.9 Å². The number of halogens is 2. The van der Waals surface area contributed by atoms with Crippen LogP contribution in [0.15, 0.2) is 24.3 Å². The van der Waals surface area contributed by atoms with Gasteiger partial charge in [0.25, 0.3) is 0 Å². The Hall–Kier alpha value is -1.72. The largest absolute Gasteiger partial charge is 0.293 e. The van der Waals surface area contributed by atoms with Crippen LogP contribution in [0.1, 0.15) is 20.9 Å². The van der Waals surface area contributed by atoms with Gasteiger partial charge in [0.2, 0.25) is 0 Å². The minimum atomic E-state index is -0.297. The highest BCUT2D eigenvalue weighted by Crippen LogP contribution is 2.28. The third-order valence-electron chi connectivity index (χ3n) is 3.36. The number of carbonyl (C=O) groups excluding carboxylic acids is 1. The predicted octanol–water partition coefficient (Wildman–Crippen LogP) is 4.16. The first-order valence-corrected chi connectivity index (χ1v) is 7.55. The number of nitrogens with zero attached hydrogens (tertiary/aromatic N) is 2. The number of hydrogen-bond donors (Lipinski definition) is 0. The third-order valence-corrected chi connectivity index (χ3v) is 4.98. The number of rotatable bonds is 3. The Bertz CT molecular complexity index is 853. The van der Waals surface area contributed by atoms with Crippen LogP contribution < -0.4 is 0 Å². The standard InChI is InChI=1S/C15H12ClFN2OS/c1-8-11(15(16)19(2)18-8)7-12(20)14-5-9-3-4-10(17)6-13(9)21-14/h3-6H,7H2,1-2H3. The Kier molecular flexibility index (Phi) is 3.55. The summed E-state index contributed by atoms with van der Waals surface area (Å²) in [4.78, 5) is 13.0. The molecule has 0 N–H and O–H groups in total. The first-order valence-electron chi connectivity index (χ1n) is 6.36. The van der Waals surface area contributed by atoms with Crippen LogP contribution >= 0.6 is 22.9 Å². The van der Waals surface area contributed by atoms with Gasteiger partial charge < -0.3 is 0 Å². The molecular formula is C15H12ClFN2OS. The fourth-order valence-electron chi connectivity index (χ4n) is 2.26. The lowest BCUT2D eigenvalue weighted by Crippen LogP contribution is -2.02. The van der Waals surface area contributed by atoms with Gasteiger partial charge in [0, 0.05) is 23.7 Å². The molecule has 0 unspecified atom stereocenters. The molecule has 1 aromatic carbocycles. The average molecular weight is 323 g/mol. The summed E-state index contributed by atoms with van der Waals surface area (Å²) in [7, 11) is 1.74. The van der Waals surface area contributed by atoms with Crippen LogP contribution in [0.25, 0.3) is 10.1 Å². The van der Waals surface area contributed by atoms with Gasteiger partial charge in [-0.15, -0.1) is 11.3 Å². The summed E-state index contributed by atoms with van der Waals surface area (Å²) >= 11 is 7.44. The molecule has 0 amide bonds. The van der Waals surface area contributed by atoms with Crippen LogP contribution in [0.2, 0.25) is 5.15 Å². The summed E-state index contributed by atoms with van der Waals surface area (Å²) in [5.41, 5.74) is 1.50. The quantitative estimate of drug-likeness (QED) is 0.679. The zero-order chi connectivity index (χ0) is 15.1. The molecule has 0 spiro atoms. The molecule has 0 saturated heterocycles. The lowest BCUT2D eigenvalue weighted by Gasteiger charge is -1.98. The number of aryl methyl sites for hydroxylation is 2. The van der Waals surface area contributed by atoms with Crippen LogP contribution in [0.3, 0.4) is 0 Å². The molecule has 0 fully saturated rings.